The highest BCUT2D eigenvalue weighted by atomic mass is 79.9. The lowest BCUT2D eigenvalue weighted by molar-refractivity contribution is 0.547. The van der Waals surface area contributed by atoms with Crippen molar-refractivity contribution in [3.8, 4) is 0 Å². The molecular formula is C15H21BrN4S. The lowest BCUT2D eigenvalue weighted by atomic mass is 10.2. The molecule has 2 aromatic rings. The normalized spacial score (nSPS) is 11.1. The molecule has 0 saturated heterocycles. The van der Waals surface area contributed by atoms with Gasteiger partial charge >= 0.3 is 0 Å². The Morgan fingerprint density at radius 1 is 1.33 bits per heavy atom. The molecular weight excluding hydrogens is 348 g/mol. The third kappa shape index (κ3) is 5.37. The van der Waals surface area contributed by atoms with E-state index in [9.17, 15) is 0 Å². The number of nitrogens with one attached hydrogen (secondary N) is 1. The van der Waals surface area contributed by atoms with E-state index in [1.165, 1.54) is 4.88 Å². The van der Waals surface area contributed by atoms with Gasteiger partial charge in [-0.3, -0.25) is 4.98 Å². The number of anilines is 1. The molecule has 0 atom stereocenters. The second-order valence-corrected chi connectivity index (χ2v) is 7.39. The summed E-state index contributed by atoms with van der Waals surface area (Å²) in [7, 11) is 2.04. The fourth-order valence-corrected chi connectivity index (χ4v) is 3.38. The molecule has 2 aromatic heterocycles. The van der Waals surface area contributed by atoms with Crippen LogP contribution in [0.1, 0.15) is 24.4 Å². The maximum atomic E-state index is 4.50. The van der Waals surface area contributed by atoms with Gasteiger partial charge in [-0.2, -0.15) is 0 Å². The second kappa shape index (κ2) is 7.87. The monoisotopic (exact) mass is 368 g/mol. The van der Waals surface area contributed by atoms with Gasteiger partial charge in [0.2, 0.25) is 0 Å². The number of aromatic nitrogens is 2. The Kier molecular flexibility index (Phi) is 6.14. The van der Waals surface area contributed by atoms with E-state index in [1.54, 1.807) is 11.3 Å². The highest BCUT2D eigenvalue weighted by molar-refractivity contribution is 9.10. The zero-order chi connectivity index (χ0) is 15.2. The van der Waals surface area contributed by atoms with Gasteiger partial charge in [0.1, 0.15) is 5.82 Å². The van der Waals surface area contributed by atoms with Gasteiger partial charge in [0.05, 0.1) is 24.6 Å². The molecule has 114 valence electrons. The van der Waals surface area contributed by atoms with E-state index in [2.05, 4.69) is 61.4 Å². The minimum absolute atomic E-state index is 0.647. The predicted octanol–water partition coefficient (Wildman–Crippen LogP) is 3.68. The van der Waals surface area contributed by atoms with Crippen LogP contribution in [-0.2, 0) is 13.1 Å². The third-order valence-corrected chi connectivity index (χ3v) is 4.64. The van der Waals surface area contributed by atoms with E-state index in [0.29, 0.717) is 5.92 Å². The number of halogens is 1. The van der Waals surface area contributed by atoms with Crippen molar-refractivity contribution in [2.24, 2.45) is 5.92 Å². The van der Waals surface area contributed by atoms with E-state index >= 15 is 0 Å². The first-order valence-electron chi connectivity index (χ1n) is 7.00. The molecule has 0 aliphatic carbocycles. The van der Waals surface area contributed by atoms with Crippen LogP contribution in [-0.4, -0.2) is 23.6 Å². The Morgan fingerprint density at radius 2 is 2.14 bits per heavy atom. The highest BCUT2D eigenvalue weighted by Crippen LogP contribution is 2.22. The van der Waals surface area contributed by atoms with Crippen LogP contribution in [0.5, 0.6) is 0 Å². The summed E-state index contributed by atoms with van der Waals surface area (Å²) < 4.78 is 1.13. The zero-order valence-electron chi connectivity index (χ0n) is 12.6. The standard InChI is InChI=1S/C15H21BrN4S/c1-11(2)5-17-6-13-7-19-15(8-18-13)20(3)9-14-4-12(16)10-21-14/h4,7-8,10-11,17H,5-6,9H2,1-3H3. The van der Waals surface area contributed by atoms with Crippen LogP contribution in [0.2, 0.25) is 0 Å². The zero-order valence-corrected chi connectivity index (χ0v) is 15.0. The number of rotatable bonds is 7. The summed E-state index contributed by atoms with van der Waals surface area (Å²) in [4.78, 5) is 12.4. The molecule has 21 heavy (non-hydrogen) atoms. The van der Waals surface area contributed by atoms with E-state index in [-0.39, 0.29) is 0 Å². The van der Waals surface area contributed by atoms with Crippen LogP contribution >= 0.6 is 27.3 Å². The molecule has 1 N–H and O–H groups in total. The first-order valence-corrected chi connectivity index (χ1v) is 8.67. The Morgan fingerprint density at radius 3 is 2.71 bits per heavy atom. The van der Waals surface area contributed by atoms with Gasteiger partial charge in [-0.15, -0.1) is 11.3 Å². The molecule has 6 heteroatoms. The summed E-state index contributed by atoms with van der Waals surface area (Å²) in [6.07, 6.45) is 3.69. The van der Waals surface area contributed by atoms with E-state index in [4.69, 9.17) is 0 Å². The van der Waals surface area contributed by atoms with Gasteiger partial charge in [-0.25, -0.2) is 4.98 Å². The first-order chi connectivity index (χ1) is 10.0. The molecule has 2 heterocycles. The molecule has 0 saturated carbocycles. The minimum atomic E-state index is 0.647. The molecule has 0 bridgehead atoms. The number of hydrogen-bond acceptors (Lipinski definition) is 5. The fraction of sp³-hybridized carbons (Fsp3) is 0.467. The van der Waals surface area contributed by atoms with Crippen LogP contribution in [0.3, 0.4) is 0 Å². The SMILES string of the molecule is CC(C)CNCc1cnc(N(C)Cc2cc(Br)cs2)cn1. The molecule has 0 fully saturated rings. The molecule has 4 nitrogen and oxygen atoms in total. The van der Waals surface area contributed by atoms with Crippen molar-refractivity contribution in [1.82, 2.24) is 15.3 Å². The van der Waals surface area contributed by atoms with Crippen molar-refractivity contribution < 1.29 is 0 Å². The molecule has 0 unspecified atom stereocenters. The Hall–Kier alpha value is -0.980. The van der Waals surface area contributed by atoms with E-state index in [0.717, 1.165) is 35.6 Å². The molecule has 0 aromatic carbocycles. The summed E-state index contributed by atoms with van der Waals surface area (Å²) in [6, 6.07) is 2.14. The van der Waals surface area contributed by atoms with Gasteiger partial charge < -0.3 is 10.2 Å². The maximum Gasteiger partial charge on any atom is 0.147 e. The van der Waals surface area contributed by atoms with Crippen LogP contribution in [0, 0.1) is 5.92 Å². The third-order valence-electron chi connectivity index (χ3n) is 2.96. The summed E-state index contributed by atoms with van der Waals surface area (Å²) in [5.41, 5.74) is 0.978. The summed E-state index contributed by atoms with van der Waals surface area (Å²) in [5.74, 6) is 1.54. The minimum Gasteiger partial charge on any atom is -0.353 e. The van der Waals surface area contributed by atoms with Crippen LogP contribution in [0.4, 0.5) is 5.82 Å². The maximum absolute atomic E-state index is 4.50. The van der Waals surface area contributed by atoms with Crippen LogP contribution < -0.4 is 10.2 Å². The van der Waals surface area contributed by atoms with E-state index in [1.807, 2.05) is 19.4 Å². The van der Waals surface area contributed by atoms with Crippen molar-refractivity contribution in [3.63, 3.8) is 0 Å². The summed E-state index contributed by atoms with van der Waals surface area (Å²) >= 11 is 5.22. The van der Waals surface area contributed by atoms with Gasteiger partial charge in [-0.05, 0) is 34.5 Å². The van der Waals surface area contributed by atoms with Crippen molar-refractivity contribution in [3.05, 3.63) is 38.9 Å². The Bertz CT molecular complexity index is 553. The quantitative estimate of drug-likeness (QED) is 0.808. The van der Waals surface area contributed by atoms with Crippen molar-refractivity contribution in [2.45, 2.75) is 26.9 Å². The molecule has 0 aliphatic heterocycles. The summed E-state index contributed by atoms with van der Waals surface area (Å²) in [6.45, 7) is 7.00. The van der Waals surface area contributed by atoms with Gasteiger partial charge in [0.25, 0.3) is 0 Å². The average molecular weight is 369 g/mol. The first kappa shape index (κ1) is 16.4. The number of thiophene rings is 1. The number of hydrogen-bond donors (Lipinski definition) is 1. The Balaban J connectivity index is 1.88. The van der Waals surface area contributed by atoms with Crippen molar-refractivity contribution >= 4 is 33.1 Å². The molecule has 0 spiro atoms. The average Bonchev–Trinajstić information content (AvgIpc) is 2.84. The van der Waals surface area contributed by atoms with Gasteiger partial charge in [0, 0.05) is 28.3 Å². The van der Waals surface area contributed by atoms with Crippen LogP contribution in [0.25, 0.3) is 0 Å². The van der Waals surface area contributed by atoms with Crippen molar-refractivity contribution in [2.75, 3.05) is 18.5 Å². The Labute approximate surface area is 138 Å². The van der Waals surface area contributed by atoms with Crippen molar-refractivity contribution in [1.29, 1.82) is 0 Å². The largest absolute Gasteiger partial charge is 0.353 e. The molecule has 0 amide bonds. The smallest absolute Gasteiger partial charge is 0.147 e. The summed E-state index contributed by atoms with van der Waals surface area (Å²) in [5, 5.41) is 5.47. The van der Waals surface area contributed by atoms with Gasteiger partial charge in [-0.1, -0.05) is 13.8 Å². The van der Waals surface area contributed by atoms with Gasteiger partial charge in [0.15, 0.2) is 0 Å². The molecule has 2 rings (SSSR count). The lowest BCUT2D eigenvalue weighted by Gasteiger charge is -2.17. The molecule has 0 radical (unpaired) electrons. The predicted molar refractivity (Wildman–Crippen MR) is 92.7 cm³/mol. The number of nitrogens with zero attached hydrogens (tertiary/aromatic N) is 3. The van der Waals surface area contributed by atoms with Crippen LogP contribution in [0.15, 0.2) is 28.3 Å². The highest BCUT2D eigenvalue weighted by Gasteiger charge is 2.06. The topological polar surface area (TPSA) is 41.1 Å². The van der Waals surface area contributed by atoms with E-state index < -0.39 is 0 Å². The lowest BCUT2D eigenvalue weighted by Crippen LogP contribution is -2.21. The second-order valence-electron chi connectivity index (χ2n) is 5.48. The molecule has 0 aliphatic rings. The fourth-order valence-electron chi connectivity index (χ4n) is 1.88.